The van der Waals surface area contributed by atoms with Crippen LogP contribution in [0.5, 0.6) is 17.2 Å². The number of aliphatic hydroxyl groups is 1. The first kappa shape index (κ1) is 26.9. The van der Waals surface area contributed by atoms with Crippen LogP contribution in [0.1, 0.15) is 30.9 Å². The molecule has 2 atom stereocenters. The second-order valence-corrected chi connectivity index (χ2v) is 9.48. The predicted molar refractivity (Wildman–Crippen MR) is 139 cm³/mol. The summed E-state index contributed by atoms with van der Waals surface area (Å²) in [7, 11) is 1.60. The van der Waals surface area contributed by atoms with Crippen molar-refractivity contribution < 1.29 is 28.9 Å². The van der Waals surface area contributed by atoms with Crippen LogP contribution in [0, 0.1) is 0 Å². The lowest BCUT2D eigenvalue weighted by atomic mass is 10.0. The highest BCUT2D eigenvalue weighted by atomic mass is 16.5. The minimum absolute atomic E-state index is 0.0118. The van der Waals surface area contributed by atoms with Crippen LogP contribution in [0.25, 0.3) is 0 Å². The van der Waals surface area contributed by atoms with Crippen LogP contribution in [0.15, 0.2) is 42.5 Å². The fourth-order valence-corrected chi connectivity index (χ4v) is 4.86. The van der Waals surface area contributed by atoms with E-state index in [1.54, 1.807) is 12.0 Å². The van der Waals surface area contributed by atoms with Gasteiger partial charge in [-0.25, -0.2) is 0 Å². The number of methoxy groups -OCH3 is 1. The number of amides is 2. The van der Waals surface area contributed by atoms with Gasteiger partial charge in [-0.05, 0) is 55.2 Å². The Morgan fingerprint density at radius 3 is 2.78 bits per heavy atom. The van der Waals surface area contributed by atoms with Crippen molar-refractivity contribution in [2.75, 3.05) is 46.4 Å². The summed E-state index contributed by atoms with van der Waals surface area (Å²) in [6, 6.07) is 13.2. The third-order valence-electron chi connectivity index (χ3n) is 6.92. The Labute approximate surface area is 218 Å². The first-order chi connectivity index (χ1) is 18.0. The van der Waals surface area contributed by atoms with Crippen molar-refractivity contribution in [2.24, 2.45) is 0 Å². The molecule has 2 aliphatic rings. The summed E-state index contributed by atoms with van der Waals surface area (Å²) in [6.07, 6.45) is 1.26. The van der Waals surface area contributed by atoms with Gasteiger partial charge >= 0.3 is 0 Å². The molecule has 4 bridgehead atoms. The molecule has 0 unspecified atom stereocenters. The number of rotatable bonds is 4. The number of likely N-dealkylation sites (N-methyl/N-ethyl adjacent to an activating group) is 1. The van der Waals surface area contributed by atoms with Gasteiger partial charge in [0.25, 0.3) is 0 Å². The van der Waals surface area contributed by atoms with Crippen molar-refractivity contribution in [1.82, 2.24) is 15.1 Å². The summed E-state index contributed by atoms with van der Waals surface area (Å²) in [6.45, 7) is 4.67. The molecular formula is C28H37N3O6. The Morgan fingerprint density at radius 2 is 2.00 bits per heavy atom. The van der Waals surface area contributed by atoms with Crippen LogP contribution in [-0.2, 0) is 27.4 Å². The summed E-state index contributed by atoms with van der Waals surface area (Å²) in [5.41, 5.74) is 1.89. The van der Waals surface area contributed by atoms with Gasteiger partial charge in [0.2, 0.25) is 11.8 Å². The number of fused-ring (bicyclic) bond motifs is 5. The van der Waals surface area contributed by atoms with Gasteiger partial charge < -0.3 is 29.5 Å². The minimum atomic E-state index is -0.254. The number of aryl methyl sites for hydroxylation is 1. The van der Waals surface area contributed by atoms with Gasteiger partial charge in [0, 0.05) is 32.6 Å². The van der Waals surface area contributed by atoms with E-state index in [2.05, 4.69) is 10.2 Å². The predicted octanol–water partition coefficient (Wildman–Crippen LogP) is 2.35. The highest BCUT2D eigenvalue weighted by molar-refractivity contribution is 5.85. The van der Waals surface area contributed by atoms with Gasteiger partial charge in [0.15, 0.2) is 11.5 Å². The Bertz CT molecular complexity index is 1080. The van der Waals surface area contributed by atoms with Crippen LogP contribution in [0.3, 0.4) is 0 Å². The maximum absolute atomic E-state index is 13.0. The van der Waals surface area contributed by atoms with E-state index in [9.17, 15) is 14.7 Å². The molecule has 0 aliphatic carbocycles. The number of nitrogens with zero attached hydrogens (tertiary/aromatic N) is 2. The molecule has 0 spiro atoms. The largest absolute Gasteiger partial charge is 0.493 e. The molecule has 4 rings (SSSR count). The van der Waals surface area contributed by atoms with Crippen molar-refractivity contribution in [3.05, 3.63) is 53.6 Å². The van der Waals surface area contributed by atoms with Crippen LogP contribution in [0.4, 0.5) is 0 Å². The lowest BCUT2D eigenvalue weighted by Gasteiger charge is -2.38. The third-order valence-corrected chi connectivity index (χ3v) is 6.92. The zero-order chi connectivity index (χ0) is 26.2. The van der Waals surface area contributed by atoms with Crippen LogP contribution in [-0.4, -0.2) is 85.3 Å². The molecular weight excluding hydrogens is 474 g/mol. The third kappa shape index (κ3) is 7.21. The van der Waals surface area contributed by atoms with Crippen LogP contribution >= 0.6 is 0 Å². The summed E-state index contributed by atoms with van der Waals surface area (Å²) in [4.78, 5) is 29.6. The van der Waals surface area contributed by atoms with Gasteiger partial charge in [0.05, 0.1) is 39.0 Å². The number of carbonyl (C=O) groups is 2. The molecule has 2 aliphatic heterocycles. The molecule has 0 radical (unpaired) electrons. The lowest BCUT2D eigenvalue weighted by molar-refractivity contribution is -0.136. The van der Waals surface area contributed by atoms with E-state index in [1.807, 2.05) is 49.4 Å². The average Bonchev–Trinajstić information content (AvgIpc) is 2.90. The number of piperidine rings is 1. The van der Waals surface area contributed by atoms with Crippen molar-refractivity contribution in [2.45, 2.75) is 44.9 Å². The van der Waals surface area contributed by atoms with E-state index >= 15 is 0 Å². The molecule has 2 N–H and O–H groups in total. The number of likely N-dealkylation sites (tertiary alicyclic amines) is 1. The zero-order valence-electron chi connectivity index (χ0n) is 21.7. The first-order valence-electron chi connectivity index (χ1n) is 12.9. The van der Waals surface area contributed by atoms with Crippen molar-refractivity contribution >= 4 is 11.8 Å². The quantitative estimate of drug-likeness (QED) is 0.650. The molecule has 1 fully saturated rings. The van der Waals surface area contributed by atoms with E-state index in [4.69, 9.17) is 14.2 Å². The Morgan fingerprint density at radius 1 is 1.14 bits per heavy atom. The van der Waals surface area contributed by atoms with Gasteiger partial charge in [-0.1, -0.05) is 18.2 Å². The van der Waals surface area contributed by atoms with Gasteiger partial charge in [0.1, 0.15) is 5.75 Å². The minimum Gasteiger partial charge on any atom is -0.493 e. The number of nitrogens with one attached hydrogen (secondary N) is 1. The first-order valence-corrected chi connectivity index (χ1v) is 12.9. The molecule has 9 heteroatoms. The van der Waals surface area contributed by atoms with Crippen molar-refractivity contribution in [3.63, 3.8) is 0 Å². The lowest BCUT2D eigenvalue weighted by Crippen LogP contribution is -2.56. The maximum atomic E-state index is 13.0. The van der Waals surface area contributed by atoms with E-state index in [1.165, 1.54) is 0 Å². The van der Waals surface area contributed by atoms with Gasteiger partial charge in [-0.3, -0.25) is 14.5 Å². The molecule has 0 saturated carbocycles. The number of hydrogen-bond donors (Lipinski definition) is 2. The van der Waals surface area contributed by atoms with Crippen molar-refractivity contribution in [3.8, 4) is 17.2 Å². The van der Waals surface area contributed by atoms with E-state index in [-0.39, 0.29) is 43.5 Å². The molecule has 2 aromatic rings. The summed E-state index contributed by atoms with van der Waals surface area (Å²) >= 11 is 0. The summed E-state index contributed by atoms with van der Waals surface area (Å²) < 4.78 is 18.0. The summed E-state index contributed by atoms with van der Waals surface area (Å²) in [5, 5.41) is 12.5. The smallest absolute Gasteiger partial charge is 0.239 e. The molecule has 2 aromatic carbocycles. The SMILES string of the molecule is CCN1CC(=O)N[C@H]2CCN(CCO)C[C@@H]2OCc2cccc(c2)Oc2cc(ccc2OC)CCC1=O. The number of benzene rings is 2. The van der Waals surface area contributed by atoms with Crippen molar-refractivity contribution in [1.29, 1.82) is 0 Å². The standard InChI is InChI=1S/C28H37N3O6/c1-3-31-18-27(33)29-23-11-12-30(13-14-32)17-26(23)36-19-21-5-4-6-22(15-21)37-25-16-20(8-10-28(31)34)7-9-24(25)35-2/h4-7,9,15-16,23,26,32H,3,8,10-14,17-19H2,1-2H3,(H,29,33)/t23-,26-/m0/s1. The second-order valence-electron chi connectivity index (χ2n) is 9.48. The number of ether oxygens (including phenoxy) is 3. The monoisotopic (exact) mass is 511 g/mol. The number of β-amino-alcohol motifs (C(OH)–C–C–N with tert-alkyl or cyclic N) is 1. The highest BCUT2D eigenvalue weighted by Crippen LogP contribution is 2.33. The van der Waals surface area contributed by atoms with Crippen LogP contribution < -0.4 is 14.8 Å². The van der Waals surface area contributed by atoms with E-state index < -0.39 is 0 Å². The topological polar surface area (TPSA) is 101 Å². The number of aliphatic hydroxyl groups excluding tert-OH is 1. The van der Waals surface area contributed by atoms with E-state index in [0.29, 0.717) is 56.3 Å². The molecule has 200 valence electrons. The maximum Gasteiger partial charge on any atom is 0.239 e. The Hall–Kier alpha value is -3.14. The molecule has 37 heavy (non-hydrogen) atoms. The number of carbonyl (C=O) groups excluding carboxylic acids is 2. The van der Waals surface area contributed by atoms with Gasteiger partial charge in [-0.2, -0.15) is 0 Å². The second kappa shape index (κ2) is 12.9. The fourth-order valence-electron chi connectivity index (χ4n) is 4.86. The molecule has 9 nitrogen and oxygen atoms in total. The Kier molecular flexibility index (Phi) is 9.38. The van der Waals surface area contributed by atoms with Crippen LogP contribution in [0.2, 0.25) is 0 Å². The van der Waals surface area contributed by atoms with Gasteiger partial charge in [-0.15, -0.1) is 0 Å². The average molecular weight is 512 g/mol. The van der Waals surface area contributed by atoms with E-state index in [0.717, 1.165) is 17.7 Å². The highest BCUT2D eigenvalue weighted by Gasteiger charge is 2.31. The molecule has 2 amide bonds. The molecule has 1 saturated heterocycles. The normalized spacial score (nSPS) is 21.8. The number of hydrogen-bond acceptors (Lipinski definition) is 7. The molecule has 2 heterocycles. The fraction of sp³-hybridized carbons (Fsp3) is 0.500. The Balaban J connectivity index is 1.62. The molecule has 0 aromatic heterocycles. The zero-order valence-corrected chi connectivity index (χ0v) is 21.7. The summed E-state index contributed by atoms with van der Waals surface area (Å²) in [5.74, 6) is 1.57.